The quantitative estimate of drug-likeness (QED) is 0.805. The highest BCUT2D eigenvalue weighted by Crippen LogP contribution is 2.10. The molecule has 1 N–H and O–H groups in total. The largest absolute Gasteiger partial charge is 0.484 e. The van der Waals surface area contributed by atoms with Crippen molar-refractivity contribution in [3.8, 4) is 5.75 Å². The fraction of sp³-hybridized carbons (Fsp3) is 0.273. The number of benzene rings is 1. The zero-order valence-corrected chi connectivity index (χ0v) is 8.74. The van der Waals surface area contributed by atoms with E-state index in [0.29, 0.717) is 5.75 Å². The van der Waals surface area contributed by atoms with E-state index in [0.717, 1.165) is 5.56 Å². The van der Waals surface area contributed by atoms with Gasteiger partial charge >= 0.3 is 0 Å². The first-order valence-corrected chi connectivity index (χ1v) is 4.58. The number of aryl methyl sites for hydroxylation is 1. The highest BCUT2D eigenvalue weighted by atomic mass is 16.5. The highest BCUT2D eigenvalue weighted by molar-refractivity contribution is 5.94. The maximum absolute atomic E-state index is 11.0. The summed E-state index contributed by atoms with van der Waals surface area (Å²) in [4.78, 5) is 21.6. The number of hydrogen-bond acceptors (Lipinski definition) is 3. The van der Waals surface area contributed by atoms with Crippen LogP contribution in [-0.4, -0.2) is 18.4 Å². The minimum absolute atomic E-state index is 0.150. The van der Waals surface area contributed by atoms with Gasteiger partial charge in [0.1, 0.15) is 5.75 Å². The Kier molecular flexibility index (Phi) is 3.85. The molecule has 15 heavy (non-hydrogen) atoms. The lowest BCUT2D eigenvalue weighted by molar-refractivity contribution is -0.130. The van der Waals surface area contributed by atoms with Crippen LogP contribution in [0.5, 0.6) is 5.75 Å². The number of carbonyl (C=O) groups excluding carboxylic acids is 2. The van der Waals surface area contributed by atoms with E-state index < -0.39 is 5.91 Å². The molecule has 0 fully saturated rings. The molecular weight excluding hydrogens is 194 g/mol. The number of carbonyl (C=O) groups is 2. The molecule has 0 aromatic heterocycles. The van der Waals surface area contributed by atoms with Crippen LogP contribution in [-0.2, 0) is 9.59 Å². The molecule has 4 nitrogen and oxygen atoms in total. The lowest BCUT2D eigenvalue weighted by Crippen LogP contribution is -2.32. The van der Waals surface area contributed by atoms with Gasteiger partial charge in [-0.1, -0.05) is 17.7 Å². The fourth-order valence-corrected chi connectivity index (χ4v) is 1.02. The molecule has 0 aliphatic rings. The zero-order chi connectivity index (χ0) is 11.3. The second kappa shape index (κ2) is 5.14. The monoisotopic (exact) mass is 207 g/mol. The van der Waals surface area contributed by atoms with E-state index in [1.807, 2.05) is 19.1 Å². The van der Waals surface area contributed by atoms with E-state index in [2.05, 4.69) is 5.32 Å². The summed E-state index contributed by atoms with van der Waals surface area (Å²) in [5.41, 5.74) is 1.12. The van der Waals surface area contributed by atoms with Crippen molar-refractivity contribution in [1.29, 1.82) is 0 Å². The molecule has 0 unspecified atom stereocenters. The van der Waals surface area contributed by atoms with E-state index >= 15 is 0 Å². The maximum atomic E-state index is 11.0. The molecule has 0 atom stereocenters. The van der Waals surface area contributed by atoms with Crippen LogP contribution >= 0.6 is 0 Å². The molecule has 1 aromatic carbocycles. The molecule has 0 saturated carbocycles. The topological polar surface area (TPSA) is 55.4 Å². The van der Waals surface area contributed by atoms with E-state index in [1.165, 1.54) is 6.92 Å². The van der Waals surface area contributed by atoms with Gasteiger partial charge in [0.05, 0.1) is 0 Å². The third-order valence-corrected chi connectivity index (χ3v) is 1.71. The van der Waals surface area contributed by atoms with Crippen molar-refractivity contribution >= 4 is 11.8 Å². The molecular formula is C11H13NO3. The summed E-state index contributed by atoms with van der Waals surface area (Å²) in [6.45, 7) is 3.10. The predicted octanol–water partition coefficient (Wildman–Crippen LogP) is 1.04. The van der Waals surface area contributed by atoms with Crippen molar-refractivity contribution in [2.45, 2.75) is 13.8 Å². The number of nitrogens with one attached hydrogen (secondary N) is 1. The zero-order valence-electron chi connectivity index (χ0n) is 8.74. The van der Waals surface area contributed by atoms with E-state index in [9.17, 15) is 9.59 Å². The lowest BCUT2D eigenvalue weighted by Gasteiger charge is -2.05. The Balaban J connectivity index is 2.40. The Morgan fingerprint density at radius 3 is 2.40 bits per heavy atom. The van der Waals surface area contributed by atoms with E-state index in [4.69, 9.17) is 4.74 Å². The number of amides is 2. The molecule has 1 aromatic rings. The summed E-state index contributed by atoms with van der Waals surface area (Å²) in [5, 5.41) is 2.12. The maximum Gasteiger partial charge on any atom is 0.264 e. The van der Waals surface area contributed by atoms with Crippen LogP contribution in [0, 0.1) is 6.92 Å². The van der Waals surface area contributed by atoms with Crippen LogP contribution in [0.1, 0.15) is 12.5 Å². The van der Waals surface area contributed by atoms with Crippen molar-refractivity contribution < 1.29 is 14.3 Å². The van der Waals surface area contributed by atoms with E-state index in [-0.39, 0.29) is 12.5 Å². The molecule has 0 heterocycles. The normalized spacial score (nSPS) is 9.47. The molecule has 0 saturated heterocycles. The number of imide groups is 1. The van der Waals surface area contributed by atoms with Gasteiger partial charge < -0.3 is 4.74 Å². The van der Waals surface area contributed by atoms with Gasteiger partial charge in [0.15, 0.2) is 6.61 Å². The minimum Gasteiger partial charge on any atom is -0.484 e. The molecule has 0 bridgehead atoms. The molecule has 4 heteroatoms. The van der Waals surface area contributed by atoms with Crippen LogP contribution in [0.4, 0.5) is 0 Å². The highest BCUT2D eigenvalue weighted by Gasteiger charge is 2.03. The van der Waals surface area contributed by atoms with Crippen LogP contribution in [0.25, 0.3) is 0 Å². The van der Waals surface area contributed by atoms with Crippen molar-refractivity contribution in [1.82, 2.24) is 5.32 Å². The van der Waals surface area contributed by atoms with Gasteiger partial charge in [0.2, 0.25) is 5.91 Å². The Hall–Kier alpha value is -1.84. The average molecular weight is 207 g/mol. The van der Waals surface area contributed by atoms with Crippen LogP contribution in [0.15, 0.2) is 24.3 Å². The first-order chi connectivity index (χ1) is 7.08. The van der Waals surface area contributed by atoms with Crippen LogP contribution in [0.3, 0.4) is 0 Å². The first-order valence-electron chi connectivity index (χ1n) is 4.58. The molecule has 0 aliphatic carbocycles. The van der Waals surface area contributed by atoms with Gasteiger partial charge in [-0.05, 0) is 19.1 Å². The summed E-state index contributed by atoms with van der Waals surface area (Å²) < 4.78 is 5.16. The van der Waals surface area contributed by atoms with Crippen LogP contribution < -0.4 is 10.1 Å². The van der Waals surface area contributed by atoms with Gasteiger partial charge in [-0.15, -0.1) is 0 Å². The van der Waals surface area contributed by atoms with Gasteiger partial charge in [-0.25, -0.2) is 0 Å². The number of rotatable bonds is 3. The predicted molar refractivity (Wildman–Crippen MR) is 55.5 cm³/mol. The molecule has 0 radical (unpaired) electrons. The summed E-state index contributed by atoms with van der Waals surface area (Å²) in [5.74, 6) is -0.213. The number of ether oxygens (including phenoxy) is 1. The molecule has 2 amide bonds. The van der Waals surface area contributed by atoms with Crippen molar-refractivity contribution in [2.24, 2.45) is 0 Å². The summed E-state index contributed by atoms with van der Waals surface area (Å²) in [6, 6.07) is 7.32. The summed E-state index contributed by atoms with van der Waals surface area (Å²) >= 11 is 0. The third-order valence-electron chi connectivity index (χ3n) is 1.71. The third kappa shape index (κ3) is 4.26. The first kappa shape index (κ1) is 11.2. The van der Waals surface area contributed by atoms with Gasteiger partial charge in [-0.2, -0.15) is 0 Å². The van der Waals surface area contributed by atoms with Crippen molar-refractivity contribution in [2.75, 3.05) is 6.61 Å². The molecule has 80 valence electrons. The molecule has 1 rings (SSSR count). The van der Waals surface area contributed by atoms with Gasteiger partial charge in [-0.3, -0.25) is 14.9 Å². The average Bonchev–Trinajstić information content (AvgIpc) is 2.16. The smallest absolute Gasteiger partial charge is 0.264 e. The van der Waals surface area contributed by atoms with Crippen molar-refractivity contribution in [3.05, 3.63) is 29.8 Å². The number of hydrogen-bond donors (Lipinski definition) is 1. The lowest BCUT2D eigenvalue weighted by atomic mass is 10.2. The SMILES string of the molecule is CC(=O)NC(=O)COc1ccc(C)cc1. The standard InChI is InChI=1S/C11H13NO3/c1-8-3-5-10(6-4-8)15-7-11(14)12-9(2)13/h3-6H,7H2,1-2H3,(H,12,13,14). The molecule has 0 spiro atoms. The second-order valence-electron chi connectivity index (χ2n) is 3.21. The van der Waals surface area contributed by atoms with E-state index in [1.54, 1.807) is 12.1 Å². The minimum atomic E-state index is -0.442. The van der Waals surface area contributed by atoms with Gasteiger partial charge in [0, 0.05) is 6.92 Å². The van der Waals surface area contributed by atoms with Crippen LogP contribution in [0.2, 0.25) is 0 Å². The second-order valence-corrected chi connectivity index (χ2v) is 3.21. The van der Waals surface area contributed by atoms with Gasteiger partial charge in [0.25, 0.3) is 5.91 Å². The fourth-order valence-electron chi connectivity index (χ4n) is 1.02. The molecule has 0 aliphatic heterocycles. The summed E-state index contributed by atoms with van der Waals surface area (Å²) in [6.07, 6.45) is 0. The Bertz CT molecular complexity index is 357. The summed E-state index contributed by atoms with van der Waals surface area (Å²) in [7, 11) is 0. The Morgan fingerprint density at radius 2 is 1.87 bits per heavy atom. The van der Waals surface area contributed by atoms with Crippen molar-refractivity contribution in [3.63, 3.8) is 0 Å². The Labute approximate surface area is 88.2 Å². The Morgan fingerprint density at radius 1 is 1.27 bits per heavy atom.